The van der Waals surface area contributed by atoms with Crippen molar-refractivity contribution < 1.29 is 9.52 Å². The number of nitrogens with zero attached hydrogens (tertiary/aromatic N) is 2. The molecule has 1 N–H and O–H groups in total. The number of hydrogen-bond donors (Lipinski definition) is 1. The Morgan fingerprint density at radius 1 is 0.547 bits per heavy atom. The first-order chi connectivity index (χ1) is 25.7. The first-order valence-corrected chi connectivity index (χ1v) is 18.0. The van der Waals surface area contributed by atoms with Crippen molar-refractivity contribution in [3.05, 3.63) is 163 Å². The minimum Gasteiger partial charge on any atom is -0.507 e. The van der Waals surface area contributed by atoms with Crippen LogP contribution in [-0.2, 0) is 5.41 Å². The van der Waals surface area contributed by atoms with E-state index < -0.39 is 0 Å². The van der Waals surface area contributed by atoms with Gasteiger partial charge >= 0.3 is 0 Å². The van der Waals surface area contributed by atoms with E-state index in [-0.39, 0.29) is 11.2 Å². The van der Waals surface area contributed by atoms with Gasteiger partial charge in [0.05, 0.1) is 11.1 Å². The van der Waals surface area contributed by atoms with Crippen LogP contribution in [0.4, 0.5) is 0 Å². The van der Waals surface area contributed by atoms with Crippen molar-refractivity contribution in [1.29, 1.82) is 0 Å². The Kier molecular flexibility index (Phi) is 7.71. The maximum atomic E-state index is 11.1. The molecule has 4 nitrogen and oxygen atoms in total. The maximum absolute atomic E-state index is 11.1. The molecular weight excluding hydrogens is 649 g/mol. The third-order valence-corrected chi connectivity index (χ3v) is 10.3. The van der Waals surface area contributed by atoms with Gasteiger partial charge in [0.2, 0.25) is 5.89 Å². The van der Waals surface area contributed by atoms with Crippen LogP contribution < -0.4 is 0 Å². The summed E-state index contributed by atoms with van der Waals surface area (Å²) in [5.74, 6) is 0.523. The Morgan fingerprint density at radius 3 is 2.06 bits per heavy atom. The Hall–Kier alpha value is -6.52. The quantitative estimate of drug-likeness (QED) is 0.196. The van der Waals surface area contributed by atoms with Crippen LogP contribution in [0, 0.1) is 6.92 Å². The molecule has 0 aliphatic heterocycles. The zero-order valence-electron chi connectivity index (χ0n) is 30.2. The van der Waals surface area contributed by atoms with Gasteiger partial charge in [0.1, 0.15) is 11.3 Å². The molecule has 0 radical (unpaired) electrons. The summed E-state index contributed by atoms with van der Waals surface area (Å²) >= 11 is 0. The predicted molar refractivity (Wildman–Crippen MR) is 219 cm³/mol. The number of rotatable bonds is 5. The second-order valence-corrected chi connectivity index (χ2v) is 14.9. The lowest BCUT2D eigenvalue weighted by Crippen LogP contribution is -2.10. The van der Waals surface area contributed by atoms with Gasteiger partial charge in [-0.05, 0) is 110 Å². The van der Waals surface area contributed by atoms with Crippen molar-refractivity contribution in [2.75, 3.05) is 0 Å². The highest BCUT2D eigenvalue weighted by molar-refractivity contribution is 6.06. The fourth-order valence-electron chi connectivity index (χ4n) is 7.62. The van der Waals surface area contributed by atoms with E-state index >= 15 is 0 Å². The van der Waals surface area contributed by atoms with Crippen LogP contribution >= 0.6 is 0 Å². The van der Waals surface area contributed by atoms with E-state index in [1.165, 1.54) is 22.1 Å². The second-order valence-electron chi connectivity index (χ2n) is 14.9. The van der Waals surface area contributed by atoms with Crippen molar-refractivity contribution in [2.45, 2.75) is 33.1 Å². The lowest BCUT2D eigenvalue weighted by atomic mass is 9.86. The number of aryl methyl sites for hydroxylation is 1. The van der Waals surface area contributed by atoms with Crippen molar-refractivity contribution in [3.63, 3.8) is 0 Å². The van der Waals surface area contributed by atoms with Crippen LogP contribution in [0.2, 0.25) is 0 Å². The summed E-state index contributed by atoms with van der Waals surface area (Å²) in [6.45, 7) is 8.66. The molecule has 0 unspecified atom stereocenters. The van der Waals surface area contributed by atoms with Crippen molar-refractivity contribution in [2.24, 2.45) is 0 Å². The molecule has 2 aromatic heterocycles. The molecule has 0 saturated heterocycles. The fraction of sp³-hybridized carbons (Fsp3) is 0.102. The first kappa shape index (κ1) is 32.4. The topological polar surface area (TPSA) is 59.2 Å². The van der Waals surface area contributed by atoms with Crippen LogP contribution in [0.3, 0.4) is 0 Å². The summed E-state index contributed by atoms with van der Waals surface area (Å²) in [6, 6.07) is 50.5. The minimum atomic E-state index is -0.113. The number of aromatic nitrogens is 2. The molecule has 9 rings (SSSR count). The monoisotopic (exact) mass is 686 g/mol. The van der Waals surface area contributed by atoms with Gasteiger partial charge < -0.3 is 9.52 Å². The third kappa shape index (κ3) is 5.73. The molecule has 2 heterocycles. The predicted octanol–water partition coefficient (Wildman–Crippen LogP) is 13.2. The maximum Gasteiger partial charge on any atom is 0.231 e. The molecule has 0 saturated carbocycles. The number of pyridine rings is 1. The molecular formula is C49H38N2O2. The van der Waals surface area contributed by atoms with Crippen molar-refractivity contribution in [3.8, 4) is 61.7 Å². The number of fused-ring (bicyclic) bond motifs is 3. The number of phenolic OH excluding ortho intramolecular Hbond substituents is 1. The standard InChI is InChI=1S/C49H38N2O2/c1-30-25-40(46-39(21-12-24-50-46)45(30)32-14-6-5-7-15-32)33-17-10-18-34(26-33)41-27-35(38-20-11-16-31-13-8-9-19-37(31)38)28-44-47(41)51-48(53-44)42-29-36(49(2,3)4)22-23-43(42)52/h5-29,52H,1-4H3. The van der Waals surface area contributed by atoms with E-state index in [0.717, 1.165) is 60.8 Å². The summed E-state index contributed by atoms with van der Waals surface area (Å²) in [6.07, 6.45) is 1.87. The zero-order chi connectivity index (χ0) is 36.3. The number of aromatic hydroxyl groups is 1. The molecule has 0 aliphatic rings. The molecule has 0 fully saturated rings. The molecule has 0 atom stereocenters. The van der Waals surface area contributed by atoms with Crippen LogP contribution in [0.25, 0.3) is 88.7 Å². The smallest absolute Gasteiger partial charge is 0.231 e. The molecule has 4 heteroatoms. The van der Waals surface area contributed by atoms with Gasteiger partial charge in [-0.25, -0.2) is 4.98 Å². The van der Waals surface area contributed by atoms with E-state index in [0.29, 0.717) is 17.0 Å². The van der Waals surface area contributed by atoms with E-state index in [1.54, 1.807) is 6.07 Å². The Bertz CT molecular complexity index is 2840. The number of hydrogen-bond acceptors (Lipinski definition) is 4. The largest absolute Gasteiger partial charge is 0.507 e. The average molecular weight is 687 g/mol. The van der Waals surface area contributed by atoms with Crippen molar-refractivity contribution >= 4 is 32.8 Å². The summed E-state index contributed by atoms with van der Waals surface area (Å²) in [5.41, 5.74) is 13.7. The van der Waals surface area contributed by atoms with E-state index in [2.05, 4.69) is 149 Å². The van der Waals surface area contributed by atoms with Crippen LogP contribution in [-0.4, -0.2) is 15.1 Å². The number of benzene rings is 7. The Balaban J connectivity index is 1.27. The zero-order valence-corrected chi connectivity index (χ0v) is 30.2. The van der Waals surface area contributed by atoms with Crippen LogP contribution in [0.5, 0.6) is 5.75 Å². The Labute approximate surface area is 309 Å². The van der Waals surface area contributed by atoms with E-state index in [4.69, 9.17) is 14.4 Å². The molecule has 256 valence electrons. The fourth-order valence-corrected chi connectivity index (χ4v) is 7.62. The van der Waals surface area contributed by atoms with Gasteiger partial charge in [0.15, 0.2) is 5.58 Å². The van der Waals surface area contributed by atoms with Crippen LogP contribution in [0.15, 0.2) is 156 Å². The van der Waals surface area contributed by atoms with Gasteiger partial charge in [-0.1, -0.05) is 124 Å². The summed E-state index contributed by atoms with van der Waals surface area (Å²) in [4.78, 5) is 10.1. The summed E-state index contributed by atoms with van der Waals surface area (Å²) in [7, 11) is 0. The molecule has 0 amide bonds. The molecule has 0 aliphatic carbocycles. The SMILES string of the molecule is Cc1cc(-c2cccc(-c3cc(-c4cccc5ccccc45)cc4oc(-c5cc(C(C)(C)C)ccc5O)nc34)c2)c2ncccc2c1-c1ccccc1. The van der Waals surface area contributed by atoms with Gasteiger partial charge in [-0.3, -0.25) is 4.98 Å². The molecule has 0 bridgehead atoms. The first-order valence-electron chi connectivity index (χ1n) is 18.0. The summed E-state index contributed by atoms with van der Waals surface area (Å²) < 4.78 is 6.60. The van der Waals surface area contributed by atoms with Crippen LogP contribution in [0.1, 0.15) is 31.9 Å². The lowest BCUT2D eigenvalue weighted by Gasteiger charge is -2.19. The normalized spacial score (nSPS) is 11.8. The third-order valence-electron chi connectivity index (χ3n) is 10.3. The lowest BCUT2D eigenvalue weighted by molar-refractivity contribution is 0.473. The highest BCUT2D eigenvalue weighted by atomic mass is 16.3. The molecule has 7 aromatic carbocycles. The second kappa shape index (κ2) is 12.6. The summed E-state index contributed by atoms with van der Waals surface area (Å²) in [5, 5.41) is 14.5. The molecule has 53 heavy (non-hydrogen) atoms. The van der Waals surface area contributed by atoms with Gasteiger partial charge in [0.25, 0.3) is 0 Å². The minimum absolute atomic E-state index is 0.113. The number of phenols is 1. The highest BCUT2D eigenvalue weighted by Gasteiger charge is 2.22. The molecule has 9 aromatic rings. The Morgan fingerprint density at radius 2 is 1.25 bits per heavy atom. The van der Waals surface area contributed by atoms with Crippen molar-refractivity contribution in [1.82, 2.24) is 9.97 Å². The highest BCUT2D eigenvalue weighted by Crippen LogP contribution is 2.43. The van der Waals surface area contributed by atoms with Gasteiger partial charge in [-0.15, -0.1) is 0 Å². The van der Waals surface area contributed by atoms with Gasteiger partial charge in [0, 0.05) is 22.7 Å². The number of oxazole rings is 1. The van der Waals surface area contributed by atoms with E-state index in [1.807, 2.05) is 24.4 Å². The van der Waals surface area contributed by atoms with Gasteiger partial charge in [-0.2, -0.15) is 0 Å². The van der Waals surface area contributed by atoms with E-state index in [9.17, 15) is 5.11 Å². The average Bonchev–Trinajstić information content (AvgIpc) is 3.61. The molecule has 0 spiro atoms.